The van der Waals surface area contributed by atoms with Crippen LogP contribution in [-0.2, 0) is 0 Å². The van der Waals surface area contributed by atoms with Crippen molar-refractivity contribution in [3.8, 4) is 33.4 Å². The van der Waals surface area contributed by atoms with Crippen molar-refractivity contribution in [2.24, 2.45) is 5.73 Å². The van der Waals surface area contributed by atoms with Gasteiger partial charge in [-0.3, -0.25) is 5.32 Å². The van der Waals surface area contributed by atoms with Gasteiger partial charge in [0, 0.05) is 0 Å². The smallest absolute Gasteiger partial charge is 0.0817 e. The molecule has 0 saturated heterocycles. The van der Waals surface area contributed by atoms with E-state index in [0.29, 0.717) is 0 Å². The third kappa shape index (κ3) is 6.75. The van der Waals surface area contributed by atoms with Crippen LogP contribution in [0.3, 0.4) is 0 Å². The van der Waals surface area contributed by atoms with Gasteiger partial charge in [0.05, 0.1) is 12.2 Å². The maximum absolute atomic E-state index is 6.94. The summed E-state index contributed by atoms with van der Waals surface area (Å²) in [5.41, 5.74) is 17.4. The van der Waals surface area contributed by atoms with Gasteiger partial charge in [0.2, 0.25) is 0 Å². The molecule has 0 aliphatic rings. The number of hydrogen-bond donors (Lipinski definition) is 2. The van der Waals surface area contributed by atoms with Gasteiger partial charge in [-0.2, -0.15) is 0 Å². The maximum atomic E-state index is 6.94. The van der Waals surface area contributed by atoms with Gasteiger partial charge < -0.3 is 5.73 Å². The van der Waals surface area contributed by atoms with E-state index in [9.17, 15) is 0 Å². The minimum Gasteiger partial charge on any atom is -0.312 e. The Morgan fingerprint density at radius 2 is 1.00 bits per heavy atom. The highest BCUT2D eigenvalue weighted by atomic mass is 15.0. The largest absolute Gasteiger partial charge is 0.312 e. The number of fused-ring (bicyclic) bond motifs is 5. The van der Waals surface area contributed by atoms with Crippen molar-refractivity contribution in [3.05, 3.63) is 235 Å². The van der Waals surface area contributed by atoms with Crippen LogP contribution in [0.25, 0.3) is 82.5 Å². The van der Waals surface area contributed by atoms with Gasteiger partial charge in [-0.25, -0.2) is 0 Å². The normalized spacial score (nSPS) is 12.8. The standard InChI is InChI=1S/C56H42N2/c57-56(42-20-5-2-6-21-42)58-54(51-28-14-13-25-47(51)39-16-3-1-4-17-39)33-30-38-34-44(49-29-15-23-40-18-7-10-24-46(40)49)36-45(35-38)55-50-27-12-9-22-43(50)37-53-48-26-11-8-19-41(48)31-32-52(53)55/h1-37,54,56,58H,57H2/b33-30+. The summed E-state index contributed by atoms with van der Waals surface area (Å²) in [6.07, 6.45) is 4.18. The van der Waals surface area contributed by atoms with Gasteiger partial charge in [-0.05, 0) is 117 Å². The lowest BCUT2D eigenvalue weighted by Crippen LogP contribution is -2.31. The zero-order valence-corrected chi connectivity index (χ0v) is 32.1. The van der Waals surface area contributed by atoms with E-state index in [1.807, 2.05) is 18.2 Å². The van der Waals surface area contributed by atoms with Gasteiger partial charge in [-0.15, -0.1) is 0 Å². The molecule has 2 heteroatoms. The second kappa shape index (κ2) is 15.4. The Balaban J connectivity index is 1.19. The average molecular weight is 743 g/mol. The van der Waals surface area contributed by atoms with Crippen molar-refractivity contribution in [1.29, 1.82) is 0 Å². The first-order valence-corrected chi connectivity index (χ1v) is 20.0. The highest BCUT2D eigenvalue weighted by Crippen LogP contribution is 2.42. The van der Waals surface area contributed by atoms with Crippen molar-refractivity contribution in [3.63, 3.8) is 0 Å². The number of hydrogen-bond acceptors (Lipinski definition) is 2. The van der Waals surface area contributed by atoms with Crippen LogP contribution in [0.1, 0.15) is 28.9 Å². The monoisotopic (exact) mass is 742 g/mol. The summed E-state index contributed by atoms with van der Waals surface area (Å²) < 4.78 is 0. The van der Waals surface area contributed by atoms with Crippen LogP contribution >= 0.6 is 0 Å². The summed E-state index contributed by atoms with van der Waals surface area (Å²) in [5.74, 6) is 0. The van der Waals surface area contributed by atoms with Gasteiger partial charge in [0.25, 0.3) is 0 Å². The Labute approximate surface area is 339 Å². The summed E-state index contributed by atoms with van der Waals surface area (Å²) in [4.78, 5) is 0. The van der Waals surface area contributed by atoms with Crippen LogP contribution in [0.4, 0.5) is 0 Å². The first-order chi connectivity index (χ1) is 28.7. The minimum absolute atomic E-state index is 0.193. The lowest BCUT2D eigenvalue weighted by Gasteiger charge is -2.24. The third-order valence-corrected chi connectivity index (χ3v) is 11.5. The van der Waals surface area contributed by atoms with Crippen molar-refractivity contribution in [1.82, 2.24) is 5.32 Å². The maximum Gasteiger partial charge on any atom is 0.0817 e. The van der Waals surface area contributed by atoms with Gasteiger partial charge in [0.15, 0.2) is 0 Å². The molecule has 10 aromatic rings. The van der Waals surface area contributed by atoms with E-state index in [-0.39, 0.29) is 12.2 Å². The summed E-state index contributed by atoms with van der Waals surface area (Å²) in [6.45, 7) is 0. The van der Waals surface area contributed by atoms with Crippen LogP contribution < -0.4 is 11.1 Å². The SMILES string of the molecule is NC(NC(/C=C/c1cc(-c2cccc3ccccc23)cc(-c2c3ccccc3cc3c2ccc2ccccc23)c1)c1ccccc1-c1ccccc1)c1ccccc1. The van der Waals surface area contributed by atoms with Crippen LogP contribution in [0, 0.1) is 0 Å². The predicted octanol–water partition coefficient (Wildman–Crippen LogP) is 14.3. The van der Waals surface area contributed by atoms with Crippen LogP contribution in [0.2, 0.25) is 0 Å². The number of nitrogens with one attached hydrogen (secondary N) is 1. The fraction of sp³-hybridized carbons (Fsp3) is 0.0357. The van der Waals surface area contributed by atoms with E-state index >= 15 is 0 Å². The molecule has 2 unspecified atom stereocenters. The van der Waals surface area contributed by atoms with E-state index in [4.69, 9.17) is 5.73 Å². The van der Waals surface area contributed by atoms with Crippen molar-refractivity contribution in [2.45, 2.75) is 12.2 Å². The molecule has 0 amide bonds. The van der Waals surface area contributed by atoms with E-state index < -0.39 is 0 Å². The van der Waals surface area contributed by atoms with Gasteiger partial charge >= 0.3 is 0 Å². The van der Waals surface area contributed by atoms with E-state index in [2.05, 4.69) is 212 Å². The fourth-order valence-corrected chi connectivity index (χ4v) is 8.71. The molecular formula is C56H42N2. The van der Waals surface area contributed by atoms with Crippen LogP contribution in [0.5, 0.6) is 0 Å². The molecule has 0 radical (unpaired) electrons. The third-order valence-electron chi connectivity index (χ3n) is 11.5. The second-order valence-corrected chi connectivity index (χ2v) is 15.1. The van der Waals surface area contributed by atoms with E-state index in [0.717, 1.165) is 16.7 Å². The molecule has 0 bridgehead atoms. The molecule has 0 saturated carbocycles. The molecular weight excluding hydrogens is 701 g/mol. The van der Waals surface area contributed by atoms with Gasteiger partial charge in [-0.1, -0.05) is 200 Å². The first kappa shape index (κ1) is 35.3. The van der Waals surface area contributed by atoms with E-state index in [1.165, 1.54) is 76.5 Å². The van der Waals surface area contributed by atoms with Crippen LogP contribution in [-0.4, -0.2) is 0 Å². The second-order valence-electron chi connectivity index (χ2n) is 15.1. The number of nitrogens with two attached hydrogens (primary N) is 1. The zero-order valence-electron chi connectivity index (χ0n) is 32.1. The Kier molecular flexibility index (Phi) is 9.41. The highest BCUT2D eigenvalue weighted by Gasteiger charge is 2.19. The van der Waals surface area contributed by atoms with Crippen molar-refractivity contribution < 1.29 is 0 Å². The molecule has 2 nitrogen and oxygen atoms in total. The zero-order chi connectivity index (χ0) is 38.8. The molecule has 0 aliphatic heterocycles. The summed E-state index contributed by atoms with van der Waals surface area (Å²) in [7, 11) is 0. The average Bonchev–Trinajstić information content (AvgIpc) is 3.29. The Morgan fingerprint density at radius 3 is 1.81 bits per heavy atom. The topological polar surface area (TPSA) is 38.0 Å². The molecule has 10 aromatic carbocycles. The fourth-order valence-electron chi connectivity index (χ4n) is 8.71. The molecule has 0 fully saturated rings. The summed E-state index contributed by atoms with van der Waals surface area (Å²) >= 11 is 0. The number of rotatable bonds is 9. The lowest BCUT2D eigenvalue weighted by molar-refractivity contribution is 0.510. The lowest BCUT2D eigenvalue weighted by atomic mass is 9.87. The number of benzene rings is 10. The molecule has 2 atom stereocenters. The summed E-state index contributed by atoms with van der Waals surface area (Å²) in [6, 6.07) is 76.2. The molecule has 0 heterocycles. The molecule has 3 N–H and O–H groups in total. The quantitative estimate of drug-likeness (QED) is 0.0878. The van der Waals surface area contributed by atoms with Crippen LogP contribution in [0.15, 0.2) is 218 Å². The molecule has 0 aliphatic carbocycles. The van der Waals surface area contributed by atoms with Crippen molar-refractivity contribution in [2.75, 3.05) is 0 Å². The first-order valence-electron chi connectivity index (χ1n) is 20.0. The Bertz CT molecular complexity index is 3100. The Morgan fingerprint density at radius 1 is 0.397 bits per heavy atom. The molecule has 0 spiro atoms. The minimum atomic E-state index is -0.380. The highest BCUT2D eigenvalue weighted by molar-refractivity contribution is 6.20. The predicted molar refractivity (Wildman–Crippen MR) is 247 cm³/mol. The van der Waals surface area contributed by atoms with E-state index in [1.54, 1.807) is 0 Å². The van der Waals surface area contributed by atoms with Gasteiger partial charge in [0.1, 0.15) is 0 Å². The molecule has 276 valence electrons. The Hall–Kier alpha value is -7.10. The molecule has 10 rings (SSSR count). The van der Waals surface area contributed by atoms with Crippen molar-refractivity contribution >= 4 is 49.2 Å². The molecule has 0 aromatic heterocycles. The summed E-state index contributed by atoms with van der Waals surface area (Å²) in [5, 5.41) is 13.7. The molecule has 58 heavy (non-hydrogen) atoms.